The van der Waals surface area contributed by atoms with Gasteiger partial charge in [-0.15, -0.1) is 0 Å². The first-order valence-corrected chi connectivity index (χ1v) is 8.74. The van der Waals surface area contributed by atoms with Crippen molar-refractivity contribution in [1.82, 2.24) is 10.6 Å². The third-order valence-electron chi connectivity index (χ3n) is 3.54. The summed E-state index contributed by atoms with van der Waals surface area (Å²) in [5.41, 5.74) is 7.08. The Kier molecular flexibility index (Phi) is 8.41. The van der Waals surface area contributed by atoms with Crippen molar-refractivity contribution >= 4 is 12.0 Å². The molecule has 0 radical (unpaired) electrons. The smallest absolute Gasteiger partial charge is 0.408 e. The zero-order chi connectivity index (χ0) is 18.9. The van der Waals surface area contributed by atoms with E-state index in [1.807, 2.05) is 31.2 Å². The second-order valence-corrected chi connectivity index (χ2v) is 7.19. The van der Waals surface area contributed by atoms with Crippen molar-refractivity contribution in [3.05, 3.63) is 35.4 Å². The highest BCUT2D eigenvalue weighted by atomic mass is 16.6. The molecule has 1 aromatic rings. The van der Waals surface area contributed by atoms with Gasteiger partial charge in [0.1, 0.15) is 11.6 Å². The molecule has 6 heteroatoms. The molecule has 0 aliphatic rings. The first kappa shape index (κ1) is 21.0. The van der Waals surface area contributed by atoms with E-state index < -0.39 is 17.7 Å². The zero-order valence-corrected chi connectivity index (χ0v) is 15.7. The van der Waals surface area contributed by atoms with Gasteiger partial charge in [-0.05, 0) is 59.1 Å². The summed E-state index contributed by atoms with van der Waals surface area (Å²) in [5.74, 6) is -0.219. The second kappa shape index (κ2) is 10.0. The van der Waals surface area contributed by atoms with E-state index in [-0.39, 0.29) is 5.91 Å². The van der Waals surface area contributed by atoms with E-state index in [2.05, 4.69) is 10.6 Å². The Morgan fingerprint density at radius 1 is 1.16 bits per heavy atom. The van der Waals surface area contributed by atoms with Crippen LogP contribution in [0.5, 0.6) is 0 Å². The molecule has 1 rings (SSSR count). The van der Waals surface area contributed by atoms with E-state index in [0.29, 0.717) is 19.5 Å². The molecule has 4 N–H and O–H groups in total. The summed E-state index contributed by atoms with van der Waals surface area (Å²) in [6.07, 6.45) is 1.50. The van der Waals surface area contributed by atoms with Crippen LogP contribution >= 0.6 is 0 Å². The number of hydrogen-bond acceptors (Lipinski definition) is 4. The van der Waals surface area contributed by atoms with Crippen molar-refractivity contribution in [3.63, 3.8) is 0 Å². The van der Waals surface area contributed by atoms with Gasteiger partial charge in [0.05, 0.1) is 0 Å². The summed E-state index contributed by atoms with van der Waals surface area (Å²) in [4.78, 5) is 24.4. The van der Waals surface area contributed by atoms with E-state index in [4.69, 9.17) is 10.5 Å². The number of nitrogens with two attached hydrogens (primary N) is 1. The standard InChI is InChI=1S/C19H31N3O3/c1-14-8-10-15(11-9-14)13-21-17(23)16(7-5-6-12-20)22-18(24)25-19(2,3)4/h8-11,16H,5-7,12-13,20H2,1-4H3,(H,21,23)(H,22,24). The van der Waals surface area contributed by atoms with Gasteiger partial charge >= 0.3 is 6.09 Å². The van der Waals surface area contributed by atoms with E-state index >= 15 is 0 Å². The fourth-order valence-corrected chi connectivity index (χ4v) is 2.23. The molecule has 6 nitrogen and oxygen atoms in total. The number of alkyl carbamates (subject to hydrolysis) is 1. The quantitative estimate of drug-likeness (QED) is 0.629. The number of nitrogens with one attached hydrogen (secondary N) is 2. The maximum absolute atomic E-state index is 12.5. The molecule has 140 valence electrons. The highest BCUT2D eigenvalue weighted by Gasteiger charge is 2.23. The normalized spacial score (nSPS) is 12.4. The lowest BCUT2D eigenvalue weighted by atomic mass is 10.1. The van der Waals surface area contributed by atoms with Crippen molar-refractivity contribution in [3.8, 4) is 0 Å². The summed E-state index contributed by atoms with van der Waals surface area (Å²) in [7, 11) is 0. The first-order valence-electron chi connectivity index (χ1n) is 8.74. The molecule has 0 fully saturated rings. The fraction of sp³-hybridized carbons (Fsp3) is 0.579. The number of carbonyl (C=O) groups excluding carboxylic acids is 2. The molecular formula is C19H31N3O3. The van der Waals surface area contributed by atoms with Crippen LogP contribution < -0.4 is 16.4 Å². The minimum atomic E-state index is -0.633. The highest BCUT2D eigenvalue weighted by Crippen LogP contribution is 2.09. The van der Waals surface area contributed by atoms with Crippen LogP contribution in [0.2, 0.25) is 0 Å². The van der Waals surface area contributed by atoms with Crippen LogP contribution in [0.15, 0.2) is 24.3 Å². The maximum atomic E-state index is 12.5. The highest BCUT2D eigenvalue weighted by molar-refractivity contribution is 5.85. The average Bonchev–Trinajstić information content (AvgIpc) is 2.51. The number of rotatable bonds is 8. The molecular weight excluding hydrogens is 318 g/mol. The molecule has 0 aromatic heterocycles. The monoisotopic (exact) mass is 349 g/mol. The Balaban J connectivity index is 2.61. The van der Waals surface area contributed by atoms with Gasteiger partial charge in [0.15, 0.2) is 0 Å². The number of unbranched alkanes of at least 4 members (excludes halogenated alkanes) is 1. The van der Waals surface area contributed by atoms with Gasteiger partial charge in [-0.1, -0.05) is 29.8 Å². The third-order valence-corrected chi connectivity index (χ3v) is 3.54. The molecule has 1 unspecified atom stereocenters. The summed E-state index contributed by atoms with van der Waals surface area (Å²) in [5, 5.41) is 5.54. The fourth-order valence-electron chi connectivity index (χ4n) is 2.23. The molecule has 2 amide bonds. The predicted octanol–water partition coefficient (Wildman–Crippen LogP) is 2.63. The van der Waals surface area contributed by atoms with E-state index in [1.165, 1.54) is 5.56 Å². The molecule has 1 aromatic carbocycles. The average molecular weight is 349 g/mol. The van der Waals surface area contributed by atoms with E-state index in [1.54, 1.807) is 20.8 Å². The lowest BCUT2D eigenvalue weighted by Crippen LogP contribution is -2.48. The Morgan fingerprint density at radius 3 is 2.36 bits per heavy atom. The molecule has 0 bridgehead atoms. The molecule has 0 saturated carbocycles. The van der Waals surface area contributed by atoms with Crippen molar-refractivity contribution in [1.29, 1.82) is 0 Å². The minimum absolute atomic E-state index is 0.219. The van der Waals surface area contributed by atoms with Gasteiger partial charge in [-0.25, -0.2) is 4.79 Å². The van der Waals surface area contributed by atoms with Crippen LogP contribution in [-0.2, 0) is 16.1 Å². The minimum Gasteiger partial charge on any atom is -0.444 e. The summed E-state index contributed by atoms with van der Waals surface area (Å²) in [6.45, 7) is 8.35. The lowest BCUT2D eigenvalue weighted by molar-refractivity contribution is -0.123. The number of benzene rings is 1. The summed E-state index contributed by atoms with van der Waals surface area (Å²) in [6, 6.07) is 7.31. The largest absolute Gasteiger partial charge is 0.444 e. The lowest BCUT2D eigenvalue weighted by Gasteiger charge is -2.23. The van der Waals surface area contributed by atoms with E-state index in [0.717, 1.165) is 18.4 Å². The van der Waals surface area contributed by atoms with Crippen LogP contribution in [0.3, 0.4) is 0 Å². The van der Waals surface area contributed by atoms with Gasteiger partial charge < -0.3 is 21.1 Å². The Bertz CT molecular complexity index is 550. The molecule has 25 heavy (non-hydrogen) atoms. The predicted molar refractivity (Wildman–Crippen MR) is 99.1 cm³/mol. The zero-order valence-electron chi connectivity index (χ0n) is 15.7. The number of aryl methyl sites for hydroxylation is 1. The van der Waals surface area contributed by atoms with Crippen molar-refractivity contribution in [2.75, 3.05) is 6.54 Å². The molecule has 0 saturated heterocycles. The summed E-state index contributed by atoms with van der Waals surface area (Å²) < 4.78 is 5.25. The Labute approximate surface area is 150 Å². The molecule has 0 spiro atoms. The number of hydrogen-bond donors (Lipinski definition) is 3. The van der Waals surface area contributed by atoms with Crippen LogP contribution in [0.1, 0.15) is 51.2 Å². The summed E-state index contributed by atoms with van der Waals surface area (Å²) >= 11 is 0. The van der Waals surface area contributed by atoms with Crippen LogP contribution in [0.25, 0.3) is 0 Å². The van der Waals surface area contributed by atoms with Crippen molar-refractivity contribution < 1.29 is 14.3 Å². The Hall–Kier alpha value is -2.08. The van der Waals surface area contributed by atoms with Gasteiger partial charge in [-0.3, -0.25) is 4.79 Å². The maximum Gasteiger partial charge on any atom is 0.408 e. The number of amides is 2. The van der Waals surface area contributed by atoms with Crippen LogP contribution in [0.4, 0.5) is 4.79 Å². The third kappa shape index (κ3) is 9.10. The molecule has 1 atom stereocenters. The second-order valence-electron chi connectivity index (χ2n) is 7.19. The first-order chi connectivity index (χ1) is 11.7. The van der Waals surface area contributed by atoms with E-state index in [9.17, 15) is 9.59 Å². The van der Waals surface area contributed by atoms with Gasteiger partial charge in [0.2, 0.25) is 5.91 Å². The van der Waals surface area contributed by atoms with Gasteiger partial charge in [-0.2, -0.15) is 0 Å². The topological polar surface area (TPSA) is 93.5 Å². The van der Waals surface area contributed by atoms with Crippen molar-refractivity contribution in [2.24, 2.45) is 5.73 Å². The Morgan fingerprint density at radius 2 is 1.80 bits per heavy atom. The molecule has 0 aliphatic heterocycles. The van der Waals surface area contributed by atoms with Crippen molar-refractivity contribution in [2.45, 2.75) is 65.1 Å². The van der Waals surface area contributed by atoms with Gasteiger partial charge in [0.25, 0.3) is 0 Å². The molecule has 0 heterocycles. The number of carbonyl (C=O) groups is 2. The number of ether oxygens (including phenoxy) is 1. The van der Waals surface area contributed by atoms with Gasteiger partial charge in [0, 0.05) is 6.54 Å². The molecule has 0 aliphatic carbocycles. The van der Waals surface area contributed by atoms with Crippen LogP contribution in [0, 0.1) is 6.92 Å². The van der Waals surface area contributed by atoms with Crippen LogP contribution in [-0.4, -0.2) is 30.2 Å². The SMILES string of the molecule is Cc1ccc(CNC(=O)C(CCCCN)NC(=O)OC(C)(C)C)cc1.